The lowest BCUT2D eigenvalue weighted by Gasteiger charge is -2.08. The van der Waals surface area contributed by atoms with Gasteiger partial charge in [0.1, 0.15) is 22.9 Å². The standard InChI is InChI=1S/C23H16FNO4/c1-28-18-10-11-21-19(12-18)20(26)13-22(29-21)14-4-8-17(9-5-14)25-23(27)15-2-6-16(24)7-3-15/h2-13H,1H3,(H,25,27). The van der Waals surface area contributed by atoms with E-state index in [1.165, 1.54) is 37.4 Å². The van der Waals surface area contributed by atoms with Crippen LogP contribution in [0.5, 0.6) is 5.75 Å². The van der Waals surface area contributed by atoms with Crippen LogP contribution in [0.2, 0.25) is 0 Å². The van der Waals surface area contributed by atoms with Gasteiger partial charge in [0.15, 0.2) is 5.43 Å². The van der Waals surface area contributed by atoms with Gasteiger partial charge in [-0.3, -0.25) is 9.59 Å². The van der Waals surface area contributed by atoms with Crippen LogP contribution in [0.3, 0.4) is 0 Å². The number of amides is 1. The fourth-order valence-electron chi connectivity index (χ4n) is 2.93. The molecule has 0 spiro atoms. The fraction of sp³-hybridized carbons (Fsp3) is 0.0435. The molecule has 1 aromatic heterocycles. The molecule has 0 saturated carbocycles. The van der Waals surface area contributed by atoms with Crippen molar-refractivity contribution in [3.05, 3.63) is 94.4 Å². The van der Waals surface area contributed by atoms with Crippen molar-refractivity contribution in [2.24, 2.45) is 0 Å². The number of ether oxygens (including phenoxy) is 1. The summed E-state index contributed by atoms with van der Waals surface area (Å²) in [4.78, 5) is 24.7. The minimum Gasteiger partial charge on any atom is -0.497 e. The Morgan fingerprint density at radius 1 is 0.966 bits per heavy atom. The summed E-state index contributed by atoms with van der Waals surface area (Å²) in [5, 5.41) is 3.18. The first kappa shape index (κ1) is 18.4. The summed E-state index contributed by atoms with van der Waals surface area (Å²) in [7, 11) is 1.54. The van der Waals surface area contributed by atoms with Crippen LogP contribution in [0.25, 0.3) is 22.3 Å². The molecule has 29 heavy (non-hydrogen) atoms. The molecule has 3 aromatic carbocycles. The zero-order chi connectivity index (χ0) is 20.4. The van der Waals surface area contributed by atoms with Crippen LogP contribution in [-0.4, -0.2) is 13.0 Å². The molecule has 0 atom stereocenters. The molecule has 1 amide bonds. The second-order valence-corrected chi connectivity index (χ2v) is 6.38. The van der Waals surface area contributed by atoms with E-state index in [1.807, 2.05) is 0 Å². The SMILES string of the molecule is COc1ccc2oc(-c3ccc(NC(=O)c4ccc(F)cc4)cc3)cc(=O)c2c1. The van der Waals surface area contributed by atoms with Gasteiger partial charge >= 0.3 is 0 Å². The molecule has 4 aromatic rings. The third-order valence-corrected chi connectivity index (χ3v) is 4.47. The van der Waals surface area contributed by atoms with Crippen molar-refractivity contribution >= 4 is 22.6 Å². The van der Waals surface area contributed by atoms with Gasteiger partial charge in [-0.25, -0.2) is 4.39 Å². The maximum Gasteiger partial charge on any atom is 0.255 e. The van der Waals surface area contributed by atoms with Crippen molar-refractivity contribution in [2.75, 3.05) is 12.4 Å². The number of hydrogen-bond donors (Lipinski definition) is 1. The summed E-state index contributed by atoms with van der Waals surface area (Å²) < 4.78 is 24.0. The van der Waals surface area contributed by atoms with E-state index < -0.39 is 5.82 Å². The lowest BCUT2D eigenvalue weighted by molar-refractivity contribution is 0.102. The Labute approximate surface area is 165 Å². The average Bonchev–Trinajstić information content (AvgIpc) is 2.74. The van der Waals surface area contributed by atoms with Crippen molar-refractivity contribution in [3.63, 3.8) is 0 Å². The lowest BCUT2D eigenvalue weighted by Crippen LogP contribution is -2.11. The van der Waals surface area contributed by atoms with Gasteiger partial charge in [-0.2, -0.15) is 0 Å². The average molecular weight is 389 g/mol. The summed E-state index contributed by atoms with van der Waals surface area (Å²) in [5.74, 6) is 0.257. The van der Waals surface area contributed by atoms with Crippen molar-refractivity contribution in [1.82, 2.24) is 0 Å². The molecular formula is C23H16FNO4. The van der Waals surface area contributed by atoms with Gasteiger partial charge < -0.3 is 14.5 Å². The van der Waals surface area contributed by atoms with Crippen LogP contribution in [0.4, 0.5) is 10.1 Å². The zero-order valence-corrected chi connectivity index (χ0v) is 15.4. The number of nitrogens with one attached hydrogen (secondary N) is 1. The first-order chi connectivity index (χ1) is 14.0. The zero-order valence-electron chi connectivity index (χ0n) is 15.4. The molecular weight excluding hydrogens is 373 g/mol. The molecule has 0 fully saturated rings. The molecule has 4 rings (SSSR count). The van der Waals surface area contributed by atoms with Crippen LogP contribution in [-0.2, 0) is 0 Å². The van der Waals surface area contributed by atoms with E-state index in [1.54, 1.807) is 42.5 Å². The molecule has 6 heteroatoms. The Kier molecular flexibility index (Phi) is 4.83. The molecule has 0 unspecified atom stereocenters. The Morgan fingerprint density at radius 3 is 2.38 bits per heavy atom. The third-order valence-electron chi connectivity index (χ3n) is 4.47. The number of fused-ring (bicyclic) bond motifs is 1. The van der Waals surface area contributed by atoms with Gasteiger partial charge in [0.05, 0.1) is 12.5 Å². The van der Waals surface area contributed by atoms with Crippen molar-refractivity contribution < 1.29 is 18.3 Å². The number of methoxy groups -OCH3 is 1. The highest BCUT2D eigenvalue weighted by Crippen LogP contribution is 2.25. The van der Waals surface area contributed by atoms with Crippen molar-refractivity contribution in [2.45, 2.75) is 0 Å². The number of anilines is 1. The lowest BCUT2D eigenvalue weighted by atomic mass is 10.1. The normalized spacial score (nSPS) is 10.7. The van der Waals surface area contributed by atoms with Gasteiger partial charge in [0, 0.05) is 22.9 Å². The predicted octanol–water partition coefficient (Wildman–Crippen LogP) is 4.86. The molecule has 0 aliphatic rings. The number of halogens is 1. The predicted molar refractivity (Wildman–Crippen MR) is 109 cm³/mol. The monoisotopic (exact) mass is 389 g/mol. The van der Waals surface area contributed by atoms with E-state index in [0.717, 1.165) is 0 Å². The van der Waals surface area contributed by atoms with E-state index in [4.69, 9.17) is 9.15 Å². The molecule has 0 aliphatic heterocycles. The van der Waals surface area contributed by atoms with Crippen molar-refractivity contribution in [1.29, 1.82) is 0 Å². The summed E-state index contributed by atoms with van der Waals surface area (Å²) >= 11 is 0. The smallest absolute Gasteiger partial charge is 0.255 e. The Morgan fingerprint density at radius 2 is 1.69 bits per heavy atom. The Balaban J connectivity index is 1.58. The van der Waals surface area contributed by atoms with Crippen LogP contribution >= 0.6 is 0 Å². The van der Waals surface area contributed by atoms with Gasteiger partial charge in [-0.15, -0.1) is 0 Å². The van der Waals surface area contributed by atoms with E-state index in [0.29, 0.717) is 39.3 Å². The highest BCUT2D eigenvalue weighted by Gasteiger charge is 2.10. The molecule has 0 saturated heterocycles. The topological polar surface area (TPSA) is 68.5 Å². The number of rotatable bonds is 4. The highest BCUT2D eigenvalue weighted by atomic mass is 19.1. The quantitative estimate of drug-likeness (QED) is 0.541. The molecule has 1 heterocycles. The van der Waals surface area contributed by atoms with Crippen LogP contribution in [0.1, 0.15) is 10.4 Å². The van der Waals surface area contributed by atoms with E-state index in [9.17, 15) is 14.0 Å². The highest BCUT2D eigenvalue weighted by molar-refractivity contribution is 6.04. The number of carbonyl (C=O) groups excluding carboxylic acids is 1. The second kappa shape index (κ2) is 7.59. The van der Waals surface area contributed by atoms with Gasteiger partial charge in [-0.1, -0.05) is 0 Å². The second-order valence-electron chi connectivity index (χ2n) is 6.38. The third kappa shape index (κ3) is 3.87. The molecule has 0 aliphatic carbocycles. The molecule has 1 N–H and O–H groups in total. The first-order valence-corrected chi connectivity index (χ1v) is 8.83. The molecule has 5 nitrogen and oxygen atoms in total. The Hall–Kier alpha value is -3.93. The number of benzene rings is 3. The summed E-state index contributed by atoms with van der Waals surface area (Å²) in [6.45, 7) is 0. The molecule has 0 bridgehead atoms. The van der Waals surface area contributed by atoms with E-state index >= 15 is 0 Å². The first-order valence-electron chi connectivity index (χ1n) is 8.83. The van der Waals surface area contributed by atoms with E-state index in [-0.39, 0.29) is 11.3 Å². The van der Waals surface area contributed by atoms with Crippen LogP contribution in [0, 0.1) is 5.82 Å². The fourth-order valence-corrected chi connectivity index (χ4v) is 2.93. The molecule has 0 radical (unpaired) electrons. The minimum atomic E-state index is -0.402. The maximum atomic E-state index is 13.0. The summed E-state index contributed by atoms with van der Waals surface area (Å²) in [6.07, 6.45) is 0. The van der Waals surface area contributed by atoms with Crippen LogP contribution in [0.15, 0.2) is 82.0 Å². The largest absolute Gasteiger partial charge is 0.497 e. The summed E-state index contributed by atoms with van der Waals surface area (Å²) in [6, 6.07) is 18.7. The molecule has 144 valence electrons. The minimum absolute atomic E-state index is 0.172. The number of hydrogen-bond acceptors (Lipinski definition) is 4. The van der Waals surface area contributed by atoms with Gasteiger partial charge in [0.25, 0.3) is 5.91 Å². The van der Waals surface area contributed by atoms with Gasteiger partial charge in [0.2, 0.25) is 0 Å². The maximum absolute atomic E-state index is 13.0. The number of carbonyl (C=O) groups is 1. The van der Waals surface area contributed by atoms with Crippen LogP contribution < -0.4 is 15.5 Å². The Bertz CT molecular complexity index is 1240. The van der Waals surface area contributed by atoms with Gasteiger partial charge in [-0.05, 0) is 66.7 Å². The van der Waals surface area contributed by atoms with E-state index in [2.05, 4.69) is 5.32 Å². The summed E-state index contributed by atoms with van der Waals surface area (Å²) in [5.41, 5.74) is 1.90. The van der Waals surface area contributed by atoms with Crippen molar-refractivity contribution in [3.8, 4) is 17.1 Å².